The van der Waals surface area contributed by atoms with Gasteiger partial charge >= 0.3 is 0 Å². The number of aliphatic hydroxyl groups excluding tert-OH is 1. The van der Waals surface area contributed by atoms with E-state index >= 15 is 0 Å². The molecule has 0 amide bonds. The van der Waals surface area contributed by atoms with E-state index in [4.69, 9.17) is 14.2 Å². The Morgan fingerprint density at radius 1 is 0.919 bits per heavy atom. The molecule has 3 N–H and O–H groups in total. The first kappa shape index (κ1) is 25.2. The summed E-state index contributed by atoms with van der Waals surface area (Å²) in [7, 11) is 0. The molecular formula is C31H35NO5. The zero-order valence-electron chi connectivity index (χ0n) is 21.3. The van der Waals surface area contributed by atoms with Crippen LogP contribution >= 0.6 is 0 Å². The molecule has 194 valence electrons. The maximum absolute atomic E-state index is 10.3. The maximum atomic E-state index is 10.3. The Balaban J connectivity index is 1.37. The van der Waals surface area contributed by atoms with Gasteiger partial charge in [-0.15, -0.1) is 0 Å². The molecule has 1 unspecified atom stereocenters. The predicted octanol–water partition coefficient (Wildman–Crippen LogP) is 5.76. The van der Waals surface area contributed by atoms with E-state index in [9.17, 15) is 10.2 Å². The van der Waals surface area contributed by atoms with E-state index in [2.05, 4.69) is 18.3 Å². The number of benzene rings is 3. The predicted molar refractivity (Wildman–Crippen MR) is 145 cm³/mol. The topological polar surface area (TPSA) is 80.2 Å². The number of aromatic hydroxyl groups is 1. The molecule has 1 saturated carbocycles. The van der Waals surface area contributed by atoms with Crippen molar-refractivity contribution in [3.63, 3.8) is 0 Å². The van der Waals surface area contributed by atoms with Crippen LogP contribution < -0.4 is 19.5 Å². The summed E-state index contributed by atoms with van der Waals surface area (Å²) in [6.45, 7) is 3.17. The molecule has 6 nitrogen and oxygen atoms in total. The van der Waals surface area contributed by atoms with Crippen LogP contribution in [-0.2, 0) is 0 Å². The molecule has 0 bridgehead atoms. The van der Waals surface area contributed by atoms with Gasteiger partial charge in [0.2, 0.25) is 6.79 Å². The van der Waals surface area contributed by atoms with Gasteiger partial charge in [-0.2, -0.15) is 0 Å². The number of rotatable bonds is 10. The number of fused-ring (bicyclic) bond motifs is 1. The fourth-order valence-electron chi connectivity index (χ4n) is 5.15. The molecule has 2 aliphatic rings. The van der Waals surface area contributed by atoms with E-state index in [-0.39, 0.29) is 19.1 Å². The Morgan fingerprint density at radius 2 is 1.57 bits per heavy atom. The number of phenolic OH excluding ortho intramolecular Hbond substituents is 1. The van der Waals surface area contributed by atoms with Crippen LogP contribution in [0.3, 0.4) is 0 Å². The van der Waals surface area contributed by atoms with Crippen molar-refractivity contribution in [2.45, 2.75) is 51.2 Å². The highest BCUT2D eigenvalue weighted by Gasteiger charge is 2.19. The van der Waals surface area contributed by atoms with Crippen molar-refractivity contribution in [1.82, 2.24) is 5.32 Å². The molecule has 1 heterocycles. The normalized spacial score (nSPS) is 16.5. The van der Waals surface area contributed by atoms with E-state index in [0.29, 0.717) is 12.6 Å². The van der Waals surface area contributed by atoms with Crippen molar-refractivity contribution in [2.75, 3.05) is 19.9 Å². The van der Waals surface area contributed by atoms with E-state index in [1.54, 1.807) is 12.1 Å². The largest absolute Gasteiger partial charge is 0.508 e. The molecule has 37 heavy (non-hydrogen) atoms. The fraction of sp³-hybridized carbons (Fsp3) is 0.355. The van der Waals surface area contributed by atoms with Gasteiger partial charge in [-0.25, -0.2) is 0 Å². The molecule has 5 rings (SSSR count). The van der Waals surface area contributed by atoms with Crippen molar-refractivity contribution < 1.29 is 24.4 Å². The zero-order valence-corrected chi connectivity index (χ0v) is 21.3. The quantitative estimate of drug-likeness (QED) is 0.307. The molecule has 1 atom stereocenters. The summed E-state index contributed by atoms with van der Waals surface area (Å²) in [6, 6.07) is 21.8. The van der Waals surface area contributed by atoms with Crippen molar-refractivity contribution in [2.24, 2.45) is 0 Å². The van der Waals surface area contributed by atoms with Crippen molar-refractivity contribution in [3.05, 3.63) is 83.4 Å². The highest BCUT2D eigenvalue weighted by molar-refractivity contribution is 5.99. The summed E-state index contributed by atoms with van der Waals surface area (Å²) >= 11 is 0. The number of allylic oxidation sites excluding steroid dienone is 1. The Bertz CT molecular complexity index is 1210. The van der Waals surface area contributed by atoms with E-state index in [1.807, 2.05) is 48.5 Å². The Labute approximate surface area is 218 Å². The van der Waals surface area contributed by atoms with Crippen LogP contribution in [0.4, 0.5) is 0 Å². The standard InChI is InChI=1S/C31H35NO5/c1-2-28(23-11-16-29-30(17-23)37-20-36-29)31(21-7-12-25(33)13-8-21)22-9-14-27(15-10-22)35-19-26(34)18-32-24-5-3-4-6-24/h7-17,24,26,32-34H,2-6,18-20H2,1H3/b31-28-. The number of aliphatic hydroxyl groups is 1. The molecule has 3 aromatic carbocycles. The number of phenols is 1. The van der Waals surface area contributed by atoms with E-state index in [1.165, 1.54) is 25.7 Å². The smallest absolute Gasteiger partial charge is 0.231 e. The van der Waals surface area contributed by atoms with Gasteiger partial charge in [0.05, 0.1) is 0 Å². The second-order valence-electron chi connectivity index (χ2n) is 9.70. The molecule has 6 heteroatoms. The minimum absolute atomic E-state index is 0.231. The van der Waals surface area contributed by atoms with Gasteiger partial charge in [0, 0.05) is 12.6 Å². The molecule has 1 aliphatic heterocycles. The van der Waals surface area contributed by atoms with Crippen LogP contribution in [0.5, 0.6) is 23.0 Å². The molecule has 0 radical (unpaired) electrons. The summed E-state index contributed by atoms with van der Waals surface area (Å²) in [5, 5.41) is 23.7. The van der Waals surface area contributed by atoms with Crippen molar-refractivity contribution in [1.29, 1.82) is 0 Å². The summed E-state index contributed by atoms with van der Waals surface area (Å²) in [5.74, 6) is 2.45. The lowest BCUT2D eigenvalue weighted by atomic mass is 9.88. The first-order chi connectivity index (χ1) is 18.1. The van der Waals surface area contributed by atoms with Crippen LogP contribution in [0, 0.1) is 0 Å². The summed E-state index contributed by atoms with van der Waals surface area (Å²) in [4.78, 5) is 0. The van der Waals surface area contributed by atoms with Gasteiger partial charge < -0.3 is 29.7 Å². The first-order valence-electron chi connectivity index (χ1n) is 13.2. The van der Waals surface area contributed by atoms with Gasteiger partial charge in [-0.1, -0.05) is 50.1 Å². The molecule has 0 spiro atoms. The molecule has 3 aromatic rings. The van der Waals surface area contributed by atoms with Crippen molar-refractivity contribution >= 4 is 11.1 Å². The Morgan fingerprint density at radius 3 is 2.27 bits per heavy atom. The van der Waals surface area contributed by atoms with Crippen molar-refractivity contribution in [3.8, 4) is 23.0 Å². The third kappa shape index (κ3) is 6.09. The number of nitrogens with one attached hydrogen (secondary N) is 1. The number of ether oxygens (including phenoxy) is 3. The molecule has 1 fully saturated rings. The first-order valence-corrected chi connectivity index (χ1v) is 13.2. The van der Waals surface area contributed by atoms with E-state index in [0.717, 1.165) is 51.5 Å². The average molecular weight is 502 g/mol. The van der Waals surface area contributed by atoms with Crippen LogP contribution in [0.25, 0.3) is 11.1 Å². The molecular weight excluding hydrogens is 466 g/mol. The van der Waals surface area contributed by atoms with Gasteiger partial charge in [0.25, 0.3) is 0 Å². The monoisotopic (exact) mass is 501 g/mol. The van der Waals surface area contributed by atoms with Gasteiger partial charge in [-0.3, -0.25) is 0 Å². The highest BCUT2D eigenvalue weighted by Crippen LogP contribution is 2.40. The molecule has 0 aromatic heterocycles. The third-order valence-corrected chi connectivity index (χ3v) is 7.12. The third-order valence-electron chi connectivity index (χ3n) is 7.12. The second-order valence-corrected chi connectivity index (χ2v) is 9.70. The Kier molecular flexibility index (Phi) is 7.97. The Hall–Kier alpha value is -3.48. The summed E-state index contributed by atoms with van der Waals surface area (Å²) in [5.41, 5.74) is 5.35. The minimum Gasteiger partial charge on any atom is -0.508 e. The highest BCUT2D eigenvalue weighted by atomic mass is 16.7. The van der Waals surface area contributed by atoms with Crippen LogP contribution in [0.2, 0.25) is 0 Å². The average Bonchev–Trinajstić information content (AvgIpc) is 3.62. The van der Waals surface area contributed by atoms with Crippen LogP contribution in [0.15, 0.2) is 66.7 Å². The summed E-state index contributed by atoms with van der Waals surface area (Å²) < 4.78 is 17.0. The lowest BCUT2D eigenvalue weighted by Crippen LogP contribution is -2.36. The lowest BCUT2D eigenvalue weighted by molar-refractivity contribution is 0.104. The fourth-order valence-corrected chi connectivity index (χ4v) is 5.15. The van der Waals surface area contributed by atoms with Gasteiger partial charge in [-0.05, 0) is 83.5 Å². The lowest BCUT2D eigenvalue weighted by Gasteiger charge is -2.18. The number of hydrogen-bond acceptors (Lipinski definition) is 6. The molecule has 0 saturated heterocycles. The van der Waals surface area contributed by atoms with Crippen LogP contribution in [-0.4, -0.2) is 42.3 Å². The minimum atomic E-state index is -0.551. The molecule has 1 aliphatic carbocycles. The van der Waals surface area contributed by atoms with Crippen LogP contribution in [0.1, 0.15) is 55.7 Å². The zero-order chi connectivity index (χ0) is 25.6. The second kappa shape index (κ2) is 11.7. The van der Waals surface area contributed by atoms with Gasteiger partial charge in [0.1, 0.15) is 24.2 Å². The number of hydrogen-bond donors (Lipinski definition) is 3. The van der Waals surface area contributed by atoms with E-state index < -0.39 is 6.10 Å². The van der Waals surface area contributed by atoms with Gasteiger partial charge in [0.15, 0.2) is 11.5 Å². The SMILES string of the molecule is CC/C(=C(\c1ccc(O)cc1)c1ccc(OCC(O)CNC2CCCC2)cc1)c1ccc2c(c1)OCO2. The summed E-state index contributed by atoms with van der Waals surface area (Å²) in [6.07, 6.45) is 5.17. The maximum Gasteiger partial charge on any atom is 0.231 e.